The molecule has 1 amide bonds. The second-order valence-corrected chi connectivity index (χ2v) is 5.90. The van der Waals surface area contributed by atoms with Gasteiger partial charge in [0, 0.05) is 16.8 Å². The zero-order valence-electron chi connectivity index (χ0n) is 14.9. The van der Waals surface area contributed by atoms with Crippen LogP contribution in [0.2, 0.25) is 0 Å². The molecule has 0 spiro atoms. The predicted octanol–water partition coefficient (Wildman–Crippen LogP) is 4.83. The van der Waals surface area contributed by atoms with Crippen LogP contribution in [-0.4, -0.2) is 13.0 Å². The number of para-hydroxylation sites is 2. The molecule has 0 bridgehead atoms. The Bertz CT molecular complexity index is 891. The van der Waals surface area contributed by atoms with Gasteiger partial charge in [0.25, 0.3) is 5.91 Å². The lowest BCUT2D eigenvalue weighted by atomic mass is 10.1. The number of nitrogens with one attached hydrogen (secondary N) is 1. The molecule has 0 aliphatic heterocycles. The Balaban J connectivity index is 1.77. The van der Waals surface area contributed by atoms with Crippen molar-refractivity contribution in [1.29, 1.82) is 0 Å². The molecule has 3 aromatic rings. The molecule has 0 radical (unpaired) electrons. The van der Waals surface area contributed by atoms with Crippen LogP contribution in [0, 0.1) is 6.92 Å². The Morgan fingerprint density at radius 1 is 0.923 bits per heavy atom. The molecule has 0 fully saturated rings. The number of benzene rings is 3. The van der Waals surface area contributed by atoms with E-state index >= 15 is 0 Å². The zero-order valence-corrected chi connectivity index (χ0v) is 14.9. The molecule has 1 N–H and O–H groups in total. The highest BCUT2D eigenvalue weighted by Crippen LogP contribution is 2.24. The molecule has 132 valence electrons. The summed E-state index contributed by atoms with van der Waals surface area (Å²) in [5.41, 5.74) is 3.19. The molecule has 0 saturated carbocycles. The number of hydrogen-bond acceptors (Lipinski definition) is 3. The lowest BCUT2D eigenvalue weighted by Gasteiger charge is -2.13. The van der Waals surface area contributed by atoms with Crippen LogP contribution in [0.25, 0.3) is 0 Å². The van der Waals surface area contributed by atoms with Gasteiger partial charge < -0.3 is 14.8 Å². The summed E-state index contributed by atoms with van der Waals surface area (Å²) in [6, 6.07) is 22.5. The lowest BCUT2D eigenvalue weighted by Crippen LogP contribution is -2.12. The Kier molecular flexibility index (Phi) is 5.54. The van der Waals surface area contributed by atoms with E-state index in [1.807, 2.05) is 61.5 Å². The number of aryl methyl sites for hydroxylation is 1. The van der Waals surface area contributed by atoms with Crippen molar-refractivity contribution in [2.75, 3.05) is 12.4 Å². The van der Waals surface area contributed by atoms with Crippen molar-refractivity contribution in [1.82, 2.24) is 0 Å². The van der Waals surface area contributed by atoms with Crippen molar-refractivity contribution in [2.45, 2.75) is 13.5 Å². The summed E-state index contributed by atoms with van der Waals surface area (Å²) in [7, 11) is 1.61. The minimum absolute atomic E-state index is 0.170. The van der Waals surface area contributed by atoms with Gasteiger partial charge in [0.1, 0.15) is 18.1 Å². The summed E-state index contributed by atoms with van der Waals surface area (Å²) in [5, 5.41) is 2.89. The van der Waals surface area contributed by atoms with Crippen molar-refractivity contribution in [2.24, 2.45) is 0 Å². The van der Waals surface area contributed by atoms with Gasteiger partial charge >= 0.3 is 0 Å². The normalized spacial score (nSPS) is 10.2. The van der Waals surface area contributed by atoms with Gasteiger partial charge in [-0.2, -0.15) is 0 Å². The van der Waals surface area contributed by atoms with E-state index in [4.69, 9.17) is 9.47 Å². The number of carbonyl (C=O) groups is 1. The minimum atomic E-state index is -0.170. The van der Waals surface area contributed by atoms with Crippen molar-refractivity contribution in [3.05, 3.63) is 89.5 Å². The lowest BCUT2D eigenvalue weighted by molar-refractivity contribution is 0.102. The van der Waals surface area contributed by atoms with E-state index in [0.29, 0.717) is 17.9 Å². The second-order valence-electron chi connectivity index (χ2n) is 5.90. The van der Waals surface area contributed by atoms with Crippen LogP contribution in [0.15, 0.2) is 72.8 Å². The molecule has 0 aliphatic rings. The molecule has 3 rings (SSSR count). The third-order valence-electron chi connectivity index (χ3n) is 4.05. The molecular weight excluding hydrogens is 326 g/mol. The van der Waals surface area contributed by atoms with Gasteiger partial charge in [0.05, 0.1) is 7.11 Å². The SMILES string of the molecule is COc1ccc(C(=O)Nc2ccccc2)cc1COc1ccccc1C. The van der Waals surface area contributed by atoms with Crippen LogP contribution in [0.1, 0.15) is 21.5 Å². The number of carbonyl (C=O) groups excluding carboxylic acids is 1. The van der Waals surface area contributed by atoms with Crippen LogP contribution in [0.4, 0.5) is 5.69 Å². The summed E-state index contributed by atoms with van der Waals surface area (Å²) in [6.45, 7) is 2.32. The minimum Gasteiger partial charge on any atom is -0.496 e. The average molecular weight is 347 g/mol. The second kappa shape index (κ2) is 8.21. The fourth-order valence-corrected chi connectivity index (χ4v) is 2.63. The molecule has 26 heavy (non-hydrogen) atoms. The van der Waals surface area contributed by atoms with E-state index in [1.165, 1.54) is 0 Å². The summed E-state index contributed by atoms with van der Waals surface area (Å²) < 4.78 is 11.3. The summed E-state index contributed by atoms with van der Waals surface area (Å²) >= 11 is 0. The standard InChI is InChI=1S/C22H21NO3/c1-16-8-6-7-11-20(16)26-15-18-14-17(12-13-21(18)25-2)22(24)23-19-9-4-3-5-10-19/h3-14H,15H2,1-2H3,(H,23,24). The highest BCUT2D eigenvalue weighted by atomic mass is 16.5. The van der Waals surface area contributed by atoms with Crippen molar-refractivity contribution < 1.29 is 14.3 Å². The highest BCUT2D eigenvalue weighted by Gasteiger charge is 2.11. The molecule has 0 saturated heterocycles. The third kappa shape index (κ3) is 4.22. The van der Waals surface area contributed by atoms with E-state index in [2.05, 4.69) is 5.32 Å². The van der Waals surface area contributed by atoms with E-state index in [9.17, 15) is 4.79 Å². The molecular formula is C22H21NO3. The number of methoxy groups -OCH3 is 1. The first-order valence-corrected chi connectivity index (χ1v) is 8.39. The highest BCUT2D eigenvalue weighted by molar-refractivity contribution is 6.04. The summed E-state index contributed by atoms with van der Waals surface area (Å²) in [4.78, 5) is 12.5. The van der Waals surface area contributed by atoms with E-state index in [-0.39, 0.29) is 5.91 Å². The molecule has 0 atom stereocenters. The van der Waals surface area contributed by atoms with Crippen LogP contribution < -0.4 is 14.8 Å². The Morgan fingerprint density at radius 3 is 2.38 bits per heavy atom. The van der Waals surface area contributed by atoms with Crippen molar-refractivity contribution >= 4 is 11.6 Å². The van der Waals surface area contributed by atoms with Crippen LogP contribution in [-0.2, 0) is 6.61 Å². The maximum atomic E-state index is 12.5. The largest absolute Gasteiger partial charge is 0.496 e. The monoisotopic (exact) mass is 347 g/mol. The zero-order chi connectivity index (χ0) is 18.4. The molecule has 0 aromatic heterocycles. The van der Waals surface area contributed by atoms with E-state index in [0.717, 1.165) is 22.6 Å². The Labute approximate surface area is 153 Å². The Morgan fingerprint density at radius 2 is 1.65 bits per heavy atom. The van der Waals surface area contributed by atoms with Gasteiger partial charge in [0.2, 0.25) is 0 Å². The van der Waals surface area contributed by atoms with Gasteiger partial charge in [-0.15, -0.1) is 0 Å². The summed E-state index contributed by atoms with van der Waals surface area (Å²) in [6.07, 6.45) is 0. The number of ether oxygens (including phenoxy) is 2. The number of amides is 1. The fraction of sp³-hybridized carbons (Fsp3) is 0.136. The van der Waals surface area contributed by atoms with Crippen molar-refractivity contribution in [3.63, 3.8) is 0 Å². The van der Waals surface area contributed by atoms with Crippen LogP contribution >= 0.6 is 0 Å². The Hall–Kier alpha value is -3.27. The maximum absolute atomic E-state index is 12.5. The van der Waals surface area contributed by atoms with E-state index in [1.54, 1.807) is 25.3 Å². The van der Waals surface area contributed by atoms with E-state index < -0.39 is 0 Å². The summed E-state index contributed by atoms with van der Waals surface area (Å²) in [5.74, 6) is 1.33. The van der Waals surface area contributed by atoms with Gasteiger partial charge in [-0.05, 0) is 48.9 Å². The smallest absolute Gasteiger partial charge is 0.255 e. The molecule has 4 heteroatoms. The van der Waals surface area contributed by atoms with Gasteiger partial charge in [-0.3, -0.25) is 4.79 Å². The first-order valence-electron chi connectivity index (χ1n) is 8.39. The van der Waals surface area contributed by atoms with Gasteiger partial charge in [-0.1, -0.05) is 36.4 Å². The molecule has 0 aliphatic carbocycles. The first-order chi connectivity index (χ1) is 12.7. The number of anilines is 1. The third-order valence-corrected chi connectivity index (χ3v) is 4.05. The number of rotatable bonds is 6. The quantitative estimate of drug-likeness (QED) is 0.694. The first kappa shape index (κ1) is 17.5. The molecule has 4 nitrogen and oxygen atoms in total. The topological polar surface area (TPSA) is 47.6 Å². The number of hydrogen-bond donors (Lipinski definition) is 1. The van der Waals surface area contributed by atoms with Crippen LogP contribution in [0.3, 0.4) is 0 Å². The maximum Gasteiger partial charge on any atom is 0.255 e. The predicted molar refractivity (Wildman–Crippen MR) is 103 cm³/mol. The van der Waals surface area contributed by atoms with Crippen molar-refractivity contribution in [3.8, 4) is 11.5 Å². The average Bonchev–Trinajstić information content (AvgIpc) is 2.68. The van der Waals surface area contributed by atoms with Crippen LogP contribution in [0.5, 0.6) is 11.5 Å². The fourth-order valence-electron chi connectivity index (χ4n) is 2.63. The van der Waals surface area contributed by atoms with Gasteiger partial charge in [-0.25, -0.2) is 0 Å². The molecule has 0 heterocycles. The molecule has 3 aromatic carbocycles. The molecule has 0 unspecified atom stereocenters. The van der Waals surface area contributed by atoms with Gasteiger partial charge in [0.15, 0.2) is 0 Å².